The van der Waals surface area contributed by atoms with E-state index in [1.54, 1.807) is 11.8 Å². The number of aliphatic carboxylic acids is 1. The summed E-state index contributed by atoms with van der Waals surface area (Å²) in [6.45, 7) is 4.70. The molecule has 0 spiro atoms. The van der Waals surface area contributed by atoms with Gasteiger partial charge in [-0.25, -0.2) is 0 Å². The third-order valence-corrected chi connectivity index (χ3v) is 7.39. The molecule has 1 fully saturated rings. The maximum atomic E-state index is 12.3. The maximum Gasteiger partial charge on any atom is 0.303 e. The first kappa shape index (κ1) is 23.0. The fourth-order valence-electron chi connectivity index (χ4n) is 3.49. The second-order valence-corrected chi connectivity index (χ2v) is 9.65. The summed E-state index contributed by atoms with van der Waals surface area (Å²) in [4.78, 5) is 24.9. The number of carbonyl (C=O) groups excluding carboxylic acids is 1. The van der Waals surface area contributed by atoms with Crippen LogP contribution in [-0.2, 0) is 9.59 Å². The van der Waals surface area contributed by atoms with Gasteiger partial charge in [0.1, 0.15) is 0 Å². The van der Waals surface area contributed by atoms with E-state index in [2.05, 4.69) is 31.3 Å². The highest BCUT2D eigenvalue weighted by Crippen LogP contribution is 2.52. The highest BCUT2D eigenvalue weighted by atomic mass is 35.5. The number of rotatable bonds is 9. The van der Waals surface area contributed by atoms with Gasteiger partial charge in [0, 0.05) is 28.7 Å². The Hall–Kier alpha value is -1.69. The van der Waals surface area contributed by atoms with E-state index in [0.717, 1.165) is 21.8 Å². The van der Waals surface area contributed by atoms with Crippen molar-refractivity contribution < 1.29 is 14.7 Å². The lowest BCUT2D eigenvalue weighted by atomic mass is 10.0. The predicted molar refractivity (Wildman–Crippen MR) is 122 cm³/mol. The van der Waals surface area contributed by atoms with Crippen molar-refractivity contribution in [3.8, 4) is 0 Å². The topological polar surface area (TPSA) is 66.4 Å². The van der Waals surface area contributed by atoms with Crippen LogP contribution in [-0.4, -0.2) is 23.5 Å². The standard InChI is InChI=1S/C23H25Cl2NO3S/c1-13(2)14-6-3-4-7-18(14)30-19-10-9-15(21(24)22(19)25)16-12-17(16)23(29)26-11-5-8-20(27)28/h3-4,6-7,9-10,13,16-17H,5,8,11-12H2,1-2H3,(H,26,29)(H,27,28)/t16-,17+/m0/s1. The van der Waals surface area contributed by atoms with E-state index in [0.29, 0.717) is 28.9 Å². The monoisotopic (exact) mass is 465 g/mol. The van der Waals surface area contributed by atoms with Gasteiger partial charge in [0.2, 0.25) is 5.91 Å². The molecule has 0 aliphatic heterocycles. The van der Waals surface area contributed by atoms with Crippen LogP contribution in [0.4, 0.5) is 0 Å². The molecule has 3 rings (SSSR count). The Kier molecular flexibility index (Phi) is 7.72. The highest BCUT2D eigenvalue weighted by Gasteiger charge is 2.45. The average molecular weight is 466 g/mol. The molecule has 1 saturated carbocycles. The number of carboxylic acid groups (broad SMARTS) is 1. The third kappa shape index (κ3) is 5.51. The number of nitrogens with one attached hydrogen (secondary N) is 1. The molecule has 4 nitrogen and oxygen atoms in total. The Labute approximate surface area is 191 Å². The molecule has 2 N–H and O–H groups in total. The van der Waals surface area contributed by atoms with Crippen molar-refractivity contribution in [3.63, 3.8) is 0 Å². The molecule has 0 heterocycles. The molecule has 0 bridgehead atoms. The van der Waals surface area contributed by atoms with E-state index < -0.39 is 5.97 Å². The van der Waals surface area contributed by atoms with Crippen LogP contribution in [0.1, 0.15) is 56.1 Å². The zero-order chi connectivity index (χ0) is 21.8. The summed E-state index contributed by atoms with van der Waals surface area (Å²) in [5.74, 6) is -0.589. The molecule has 1 aliphatic rings. The van der Waals surface area contributed by atoms with E-state index in [-0.39, 0.29) is 24.2 Å². The van der Waals surface area contributed by atoms with Crippen molar-refractivity contribution in [2.75, 3.05) is 6.54 Å². The summed E-state index contributed by atoms with van der Waals surface area (Å²) < 4.78 is 0. The Morgan fingerprint density at radius 1 is 1.13 bits per heavy atom. The van der Waals surface area contributed by atoms with Gasteiger partial charge in [-0.1, -0.05) is 73.1 Å². The zero-order valence-electron chi connectivity index (χ0n) is 17.0. The normalized spacial score (nSPS) is 17.8. The van der Waals surface area contributed by atoms with Crippen LogP contribution in [0.25, 0.3) is 0 Å². The number of benzene rings is 2. The number of hydrogen-bond donors (Lipinski definition) is 2. The average Bonchev–Trinajstić information content (AvgIpc) is 3.49. The predicted octanol–water partition coefficient (Wildman–Crippen LogP) is 6.35. The molecule has 0 unspecified atom stereocenters. The van der Waals surface area contributed by atoms with Gasteiger partial charge in [-0.3, -0.25) is 9.59 Å². The summed E-state index contributed by atoms with van der Waals surface area (Å²) in [6, 6.07) is 12.2. The quantitative estimate of drug-likeness (QED) is 0.423. The molecule has 7 heteroatoms. The SMILES string of the molecule is CC(C)c1ccccc1Sc1ccc([C@@H]2C[C@H]2C(=O)NCCCC(=O)O)c(Cl)c1Cl. The van der Waals surface area contributed by atoms with Gasteiger partial charge in [0.05, 0.1) is 10.0 Å². The minimum Gasteiger partial charge on any atom is -0.481 e. The molecular formula is C23H25Cl2NO3S. The van der Waals surface area contributed by atoms with E-state index in [1.807, 2.05) is 24.3 Å². The smallest absolute Gasteiger partial charge is 0.303 e. The van der Waals surface area contributed by atoms with E-state index in [1.165, 1.54) is 5.56 Å². The molecule has 2 aromatic carbocycles. The Morgan fingerprint density at radius 2 is 1.87 bits per heavy atom. The Bertz CT molecular complexity index is 948. The summed E-state index contributed by atoms with van der Waals surface area (Å²) in [6.07, 6.45) is 1.20. The van der Waals surface area contributed by atoms with Crippen LogP contribution >= 0.6 is 35.0 Å². The van der Waals surface area contributed by atoms with Gasteiger partial charge in [-0.2, -0.15) is 0 Å². The second kappa shape index (κ2) is 10.1. The van der Waals surface area contributed by atoms with Crippen molar-refractivity contribution in [1.29, 1.82) is 0 Å². The van der Waals surface area contributed by atoms with Gasteiger partial charge in [-0.15, -0.1) is 0 Å². The van der Waals surface area contributed by atoms with Gasteiger partial charge >= 0.3 is 5.97 Å². The Morgan fingerprint density at radius 3 is 2.57 bits per heavy atom. The summed E-state index contributed by atoms with van der Waals surface area (Å²) in [5.41, 5.74) is 2.16. The molecule has 0 saturated heterocycles. The van der Waals surface area contributed by atoms with Gasteiger partial charge in [0.25, 0.3) is 0 Å². The second-order valence-electron chi connectivity index (χ2n) is 7.81. The fourth-order valence-corrected chi connectivity index (χ4v) is 5.27. The fraction of sp³-hybridized carbons (Fsp3) is 0.391. The number of halogens is 2. The van der Waals surface area contributed by atoms with Gasteiger partial charge < -0.3 is 10.4 Å². The van der Waals surface area contributed by atoms with Crippen molar-refractivity contribution >= 4 is 46.8 Å². The van der Waals surface area contributed by atoms with E-state index in [9.17, 15) is 9.59 Å². The molecule has 1 aliphatic carbocycles. The maximum absolute atomic E-state index is 12.3. The molecule has 160 valence electrons. The summed E-state index contributed by atoms with van der Waals surface area (Å²) in [7, 11) is 0. The van der Waals surface area contributed by atoms with E-state index in [4.69, 9.17) is 28.3 Å². The lowest BCUT2D eigenvalue weighted by Gasteiger charge is -2.14. The molecular weight excluding hydrogens is 441 g/mol. The third-order valence-electron chi connectivity index (χ3n) is 5.23. The highest BCUT2D eigenvalue weighted by molar-refractivity contribution is 7.99. The zero-order valence-corrected chi connectivity index (χ0v) is 19.3. The van der Waals surface area contributed by atoms with Crippen molar-refractivity contribution in [1.82, 2.24) is 5.32 Å². The first-order valence-electron chi connectivity index (χ1n) is 10.0. The molecule has 30 heavy (non-hydrogen) atoms. The number of hydrogen-bond acceptors (Lipinski definition) is 3. The first-order valence-corrected chi connectivity index (χ1v) is 11.6. The lowest BCUT2D eigenvalue weighted by molar-refractivity contribution is -0.137. The minimum absolute atomic E-state index is 0.0505. The van der Waals surface area contributed by atoms with Crippen LogP contribution in [0.15, 0.2) is 46.2 Å². The Balaban J connectivity index is 1.66. The van der Waals surface area contributed by atoms with Crippen LogP contribution in [0, 0.1) is 5.92 Å². The van der Waals surface area contributed by atoms with Gasteiger partial charge in [0.15, 0.2) is 0 Å². The lowest BCUT2D eigenvalue weighted by Crippen LogP contribution is -2.26. The number of amides is 1. The largest absolute Gasteiger partial charge is 0.481 e. The van der Waals surface area contributed by atoms with Crippen LogP contribution in [0.5, 0.6) is 0 Å². The molecule has 2 aromatic rings. The van der Waals surface area contributed by atoms with Crippen LogP contribution in [0.3, 0.4) is 0 Å². The summed E-state index contributed by atoms with van der Waals surface area (Å²) in [5, 5.41) is 12.5. The van der Waals surface area contributed by atoms with E-state index >= 15 is 0 Å². The molecule has 0 aromatic heterocycles. The first-order chi connectivity index (χ1) is 14.3. The molecule has 1 amide bonds. The van der Waals surface area contributed by atoms with Crippen molar-refractivity contribution in [2.24, 2.45) is 5.92 Å². The van der Waals surface area contributed by atoms with Crippen molar-refractivity contribution in [3.05, 3.63) is 57.6 Å². The molecule has 2 atom stereocenters. The van der Waals surface area contributed by atoms with Crippen LogP contribution < -0.4 is 5.32 Å². The molecule has 0 radical (unpaired) electrons. The number of carbonyl (C=O) groups is 2. The van der Waals surface area contributed by atoms with Gasteiger partial charge in [-0.05, 0) is 47.9 Å². The van der Waals surface area contributed by atoms with Crippen LogP contribution in [0.2, 0.25) is 10.0 Å². The van der Waals surface area contributed by atoms with Crippen molar-refractivity contribution in [2.45, 2.75) is 54.7 Å². The summed E-state index contributed by atoms with van der Waals surface area (Å²) >= 11 is 14.8. The minimum atomic E-state index is -0.857. The number of carboxylic acids is 1.